The third-order valence-electron chi connectivity index (χ3n) is 3.01. The van der Waals surface area contributed by atoms with Crippen molar-refractivity contribution in [3.05, 3.63) is 22.2 Å². The highest BCUT2D eigenvalue weighted by molar-refractivity contribution is 6.31. The quantitative estimate of drug-likeness (QED) is 0.884. The Labute approximate surface area is 111 Å². The summed E-state index contributed by atoms with van der Waals surface area (Å²) in [6.45, 7) is 4.94. The van der Waals surface area contributed by atoms with Gasteiger partial charge in [0.05, 0.1) is 12.5 Å². The molecule has 4 nitrogen and oxygen atoms in total. The number of methoxy groups -OCH3 is 1. The van der Waals surface area contributed by atoms with Crippen LogP contribution in [0.4, 0.5) is 0 Å². The molecule has 5 heteroatoms. The van der Waals surface area contributed by atoms with Gasteiger partial charge in [0.1, 0.15) is 0 Å². The molecular formula is C13H17ClO4. The van der Waals surface area contributed by atoms with E-state index in [1.165, 1.54) is 13.2 Å². The van der Waals surface area contributed by atoms with Gasteiger partial charge in [0.25, 0.3) is 0 Å². The highest BCUT2D eigenvalue weighted by Gasteiger charge is 2.30. The van der Waals surface area contributed by atoms with Crippen LogP contribution in [0.1, 0.15) is 25.0 Å². The van der Waals surface area contributed by atoms with E-state index in [9.17, 15) is 9.90 Å². The second-order valence-corrected chi connectivity index (χ2v) is 5.29. The predicted molar refractivity (Wildman–Crippen MR) is 69.5 cm³/mol. The number of carbonyl (C=O) groups is 1. The number of halogens is 1. The summed E-state index contributed by atoms with van der Waals surface area (Å²) in [6.07, 6.45) is 0.177. The van der Waals surface area contributed by atoms with E-state index in [-0.39, 0.29) is 17.9 Å². The number of hydrogen-bond donors (Lipinski definition) is 2. The molecule has 1 aromatic carbocycles. The van der Waals surface area contributed by atoms with Gasteiger partial charge in [-0.3, -0.25) is 4.79 Å². The van der Waals surface area contributed by atoms with Crippen molar-refractivity contribution < 1.29 is 19.7 Å². The summed E-state index contributed by atoms with van der Waals surface area (Å²) in [5, 5.41) is 19.6. The molecule has 0 radical (unpaired) electrons. The van der Waals surface area contributed by atoms with Crippen molar-refractivity contribution in [3.8, 4) is 11.5 Å². The Balaban J connectivity index is 3.32. The average molecular weight is 273 g/mol. The average Bonchev–Trinajstić information content (AvgIpc) is 2.29. The predicted octanol–water partition coefficient (Wildman–Crippen LogP) is 3.02. The molecule has 0 aliphatic heterocycles. The molecule has 100 valence electrons. The van der Waals surface area contributed by atoms with Crippen LogP contribution in [-0.2, 0) is 11.2 Å². The van der Waals surface area contributed by atoms with Crippen molar-refractivity contribution in [2.24, 2.45) is 5.41 Å². The lowest BCUT2D eigenvalue weighted by Gasteiger charge is -2.22. The molecule has 1 aromatic rings. The fourth-order valence-electron chi connectivity index (χ4n) is 1.65. The van der Waals surface area contributed by atoms with E-state index in [0.29, 0.717) is 16.1 Å². The third-order valence-corrected chi connectivity index (χ3v) is 3.40. The van der Waals surface area contributed by atoms with E-state index in [4.69, 9.17) is 21.4 Å². The first-order valence-corrected chi connectivity index (χ1v) is 5.87. The van der Waals surface area contributed by atoms with E-state index < -0.39 is 11.4 Å². The molecule has 1 rings (SSSR count). The van der Waals surface area contributed by atoms with Crippen molar-refractivity contribution in [3.63, 3.8) is 0 Å². The lowest BCUT2D eigenvalue weighted by Crippen LogP contribution is -2.26. The van der Waals surface area contributed by atoms with Gasteiger partial charge in [-0.25, -0.2) is 0 Å². The monoisotopic (exact) mass is 272 g/mol. The number of phenols is 1. The zero-order valence-corrected chi connectivity index (χ0v) is 11.6. The summed E-state index contributed by atoms with van der Waals surface area (Å²) in [6, 6.07) is 1.52. The zero-order valence-electron chi connectivity index (χ0n) is 10.9. The van der Waals surface area contributed by atoms with Crippen LogP contribution in [0.2, 0.25) is 5.02 Å². The van der Waals surface area contributed by atoms with Crippen LogP contribution in [0.5, 0.6) is 11.5 Å². The molecule has 2 N–H and O–H groups in total. The minimum Gasteiger partial charge on any atom is -0.504 e. The Morgan fingerprint density at radius 3 is 2.50 bits per heavy atom. The van der Waals surface area contributed by atoms with E-state index in [1.807, 2.05) is 0 Å². The lowest BCUT2D eigenvalue weighted by molar-refractivity contribution is -0.146. The van der Waals surface area contributed by atoms with Gasteiger partial charge < -0.3 is 14.9 Å². The molecule has 0 spiro atoms. The molecule has 0 saturated carbocycles. The summed E-state index contributed by atoms with van der Waals surface area (Å²) in [7, 11) is 1.42. The van der Waals surface area contributed by atoms with Crippen molar-refractivity contribution in [2.75, 3.05) is 7.11 Å². The van der Waals surface area contributed by atoms with Gasteiger partial charge in [-0.2, -0.15) is 0 Å². The van der Waals surface area contributed by atoms with Gasteiger partial charge in [0.2, 0.25) is 0 Å². The summed E-state index contributed by atoms with van der Waals surface area (Å²) in [5.74, 6) is -0.726. The number of rotatable bonds is 4. The molecule has 0 aromatic heterocycles. The van der Waals surface area contributed by atoms with Gasteiger partial charge in [-0.15, -0.1) is 0 Å². The van der Waals surface area contributed by atoms with Crippen LogP contribution in [0.25, 0.3) is 0 Å². The highest BCUT2D eigenvalue weighted by atomic mass is 35.5. The lowest BCUT2D eigenvalue weighted by atomic mass is 9.84. The minimum atomic E-state index is -0.988. The molecule has 0 fully saturated rings. The molecule has 0 heterocycles. The Morgan fingerprint density at radius 2 is 2.06 bits per heavy atom. The second kappa shape index (κ2) is 5.06. The fourth-order valence-corrected chi connectivity index (χ4v) is 1.86. The molecule has 0 aliphatic rings. The molecule has 0 unspecified atom stereocenters. The summed E-state index contributed by atoms with van der Waals surface area (Å²) >= 11 is 6.04. The molecule has 0 amide bonds. The number of ether oxygens (including phenoxy) is 1. The summed E-state index contributed by atoms with van der Waals surface area (Å²) < 4.78 is 5.01. The van der Waals surface area contributed by atoms with Crippen LogP contribution >= 0.6 is 11.6 Å². The number of carboxylic acids is 1. The van der Waals surface area contributed by atoms with Gasteiger partial charge in [-0.1, -0.05) is 11.6 Å². The maximum Gasteiger partial charge on any atom is 0.309 e. The smallest absolute Gasteiger partial charge is 0.309 e. The topological polar surface area (TPSA) is 66.8 Å². The number of aliphatic carboxylic acids is 1. The Hall–Kier alpha value is -1.42. The standard InChI is InChI=1S/C13H17ClO4/c1-7-8(6-13(2,3)12(16)17)11(15)10(18-4)5-9(7)14/h5,15H,6H2,1-4H3,(H,16,17). The van der Waals surface area contributed by atoms with Crippen LogP contribution in [-0.4, -0.2) is 23.3 Å². The minimum absolute atomic E-state index is 0.0475. The molecule has 0 bridgehead atoms. The number of hydrogen-bond acceptors (Lipinski definition) is 3. The normalized spacial score (nSPS) is 11.4. The molecule has 0 aliphatic carbocycles. The SMILES string of the molecule is COc1cc(Cl)c(C)c(CC(C)(C)C(=O)O)c1O. The molecule has 0 atom stereocenters. The first-order valence-electron chi connectivity index (χ1n) is 5.49. The van der Waals surface area contributed by atoms with Crippen LogP contribution in [0.3, 0.4) is 0 Å². The maximum absolute atomic E-state index is 11.1. The first kappa shape index (κ1) is 14.6. The van der Waals surface area contributed by atoms with Crippen molar-refractivity contribution in [1.29, 1.82) is 0 Å². The van der Waals surface area contributed by atoms with Crippen LogP contribution < -0.4 is 4.74 Å². The van der Waals surface area contributed by atoms with E-state index >= 15 is 0 Å². The highest BCUT2D eigenvalue weighted by Crippen LogP contribution is 2.40. The van der Waals surface area contributed by atoms with Gasteiger partial charge >= 0.3 is 5.97 Å². The second-order valence-electron chi connectivity index (χ2n) is 4.88. The van der Waals surface area contributed by atoms with Gasteiger partial charge in [0, 0.05) is 16.7 Å². The summed E-state index contributed by atoms with van der Waals surface area (Å²) in [4.78, 5) is 11.1. The van der Waals surface area contributed by atoms with Gasteiger partial charge in [0.15, 0.2) is 11.5 Å². The Bertz CT molecular complexity index is 480. The maximum atomic E-state index is 11.1. The number of benzene rings is 1. The summed E-state index contributed by atoms with van der Waals surface area (Å²) in [5.41, 5.74) is 0.189. The number of carboxylic acid groups (broad SMARTS) is 1. The van der Waals surface area contributed by atoms with E-state index in [1.54, 1.807) is 20.8 Å². The third kappa shape index (κ3) is 2.70. The van der Waals surface area contributed by atoms with Crippen molar-refractivity contribution in [2.45, 2.75) is 27.2 Å². The largest absolute Gasteiger partial charge is 0.504 e. The Kier molecular flexibility index (Phi) is 4.12. The molecular weight excluding hydrogens is 256 g/mol. The molecule has 18 heavy (non-hydrogen) atoms. The van der Waals surface area contributed by atoms with E-state index in [0.717, 1.165) is 0 Å². The van der Waals surface area contributed by atoms with E-state index in [2.05, 4.69) is 0 Å². The fraction of sp³-hybridized carbons (Fsp3) is 0.462. The van der Waals surface area contributed by atoms with Crippen molar-refractivity contribution in [1.82, 2.24) is 0 Å². The van der Waals surface area contributed by atoms with Crippen LogP contribution in [0.15, 0.2) is 6.07 Å². The van der Waals surface area contributed by atoms with Crippen molar-refractivity contribution >= 4 is 17.6 Å². The number of phenolic OH excluding ortho intramolecular Hbond substituents is 1. The Morgan fingerprint density at radius 1 is 1.50 bits per heavy atom. The number of aromatic hydroxyl groups is 1. The zero-order chi connectivity index (χ0) is 14.1. The van der Waals surface area contributed by atoms with Gasteiger partial charge in [-0.05, 0) is 32.8 Å². The first-order chi connectivity index (χ1) is 8.20. The van der Waals surface area contributed by atoms with Crippen LogP contribution in [0, 0.1) is 12.3 Å². The molecule has 0 saturated heterocycles.